The smallest absolute Gasteiger partial charge is 0.225 e. The molecule has 0 unspecified atom stereocenters. The van der Waals surface area contributed by atoms with E-state index in [1.54, 1.807) is 17.7 Å². The molecule has 3 heterocycles. The second-order valence-electron chi connectivity index (χ2n) is 8.35. The number of aliphatic hydroxyl groups is 1. The van der Waals surface area contributed by atoms with Crippen molar-refractivity contribution in [3.8, 4) is 5.88 Å². The van der Waals surface area contributed by atoms with E-state index >= 15 is 0 Å². The van der Waals surface area contributed by atoms with Crippen molar-refractivity contribution in [1.29, 1.82) is 0 Å². The number of nitrogens with zero attached hydrogens (tertiary/aromatic N) is 4. The van der Waals surface area contributed by atoms with Gasteiger partial charge in [-0.15, -0.1) is 11.3 Å². The lowest BCUT2D eigenvalue weighted by Gasteiger charge is -2.32. The molecule has 0 radical (unpaired) electrons. The molecule has 0 bridgehead atoms. The Hall–Kier alpha value is -1.33. The van der Waals surface area contributed by atoms with Gasteiger partial charge in [-0.1, -0.05) is 0 Å². The molecule has 10 heteroatoms. The van der Waals surface area contributed by atoms with Crippen LogP contribution in [-0.4, -0.2) is 77.8 Å². The minimum atomic E-state index is -3.40. The highest BCUT2D eigenvalue weighted by Crippen LogP contribution is 2.39. The third-order valence-electron chi connectivity index (χ3n) is 6.16. The predicted octanol–water partition coefficient (Wildman–Crippen LogP) is 2.01. The minimum absolute atomic E-state index is 0.0319. The fraction of sp³-hybridized carbons (Fsp3) is 0.700. The van der Waals surface area contributed by atoms with Gasteiger partial charge in [0.05, 0.1) is 11.1 Å². The highest BCUT2D eigenvalue weighted by atomic mass is 32.2. The van der Waals surface area contributed by atoms with E-state index in [9.17, 15) is 8.42 Å². The molecule has 8 nitrogen and oxygen atoms in total. The second kappa shape index (κ2) is 9.04. The molecule has 1 fully saturated rings. The highest BCUT2D eigenvalue weighted by Gasteiger charge is 2.31. The average Bonchev–Trinajstić information content (AvgIpc) is 3.11. The van der Waals surface area contributed by atoms with Crippen LogP contribution in [0.4, 0.5) is 0 Å². The average molecular weight is 455 g/mol. The molecule has 0 saturated heterocycles. The minimum Gasteiger partial charge on any atom is -0.474 e. The number of hydrogen-bond acceptors (Lipinski definition) is 8. The Labute approximate surface area is 181 Å². The summed E-state index contributed by atoms with van der Waals surface area (Å²) in [7, 11) is 0.848. The van der Waals surface area contributed by atoms with Gasteiger partial charge in [0.15, 0.2) is 0 Å². The quantitative estimate of drug-likeness (QED) is 0.684. The molecule has 2 aliphatic rings. The summed E-state index contributed by atoms with van der Waals surface area (Å²) in [6.45, 7) is 0.660. The maximum absolute atomic E-state index is 12.7. The van der Waals surface area contributed by atoms with Gasteiger partial charge in [-0.25, -0.2) is 18.4 Å². The van der Waals surface area contributed by atoms with E-state index in [4.69, 9.17) is 9.84 Å². The lowest BCUT2D eigenvalue weighted by Crippen LogP contribution is -2.37. The topological polar surface area (TPSA) is 95.9 Å². The number of rotatable bonds is 7. The molecule has 4 rings (SSSR count). The van der Waals surface area contributed by atoms with Crippen LogP contribution < -0.4 is 4.74 Å². The fourth-order valence-electron chi connectivity index (χ4n) is 4.40. The standard InChI is InChI=1S/C20H30N4O4S2/c1-23(2)14-4-6-15(7-5-14)28-19-18-16-12-24(30(26,27)11-3-10-25)9-8-17(16)29-20(18)22-13-21-19/h13-15,25H,3-12H2,1-2H3. The van der Waals surface area contributed by atoms with Crippen LogP contribution in [0.3, 0.4) is 0 Å². The zero-order valence-electron chi connectivity index (χ0n) is 17.6. The summed E-state index contributed by atoms with van der Waals surface area (Å²) in [6, 6.07) is 0.599. The maximum Gasteiger partial charge on any atom is 0.225 e. The largest absolute Gasteiger partial charge is 0.474 e. The van der Waals surface area contributed by atoms with Crippen LogP contribution in [0.25, 0.3) is 10.2 Å². The van der Waals surface area contributed by atoms with Crippen molar-refractivity contribution < 1.29 is 18.3 Å². The molecule has 1 aliphatic carbocycles. The first-order valence-electron chi connectivity index (χ1n) is 10.6. The summed E-state index contributed by atoms with van der Waals surface area (Å²) in [4.78, 5) is 13.2. The van der Waals surface area contributed by atoms with Gasteiger partial charge in [0.25, 0.3) is 0 Å². The van der Waals surface area contributed by atoms with Gasteiger partial charge in [0.2, 0.25) is 15.9 Å². The molecule has 0 spiro atoms. The number of sulfonamides is 1. The number of aliphatic hydroxyl groups excluding tert-OH is 1. The van der Waals surface area contributed by atoms with Gasteiger partial charge in [-0.3, -0.25) is 0 Å². The van der Waals surface area contributed by atoms with E-state index in [0.717, 1.165) is 41.5 Å². The Morgan fingerprint density at radius 1 is 1.27 bits per heavy atom. The van der Waals surface area contributed by atoms with Gasteiger partial charge in [0.1, 0.15) is 17.3 Å². The van der Waals surface area contributed by atoms with Crippen molar-refractivity contribution in [2.24, 2.45) is 0 Å². The molecule has 1 saturated carbocycles. The summed E-state index contributed by atoms with van der Waals surface area (Å²) in [5.74, 6) is 0.552. The number of fused-ring (bicyclic) bond motifs is 3. The van der Waals surface area contributed by atoms with Crippen molar-refractivity contribution in [3.05, 3.63) is 16.8 Å². The van der Waals surface area contributed by atoms with Crippen LogP contribution in [0.5, 0.6) is 5.88 Å². The molecule has 2 aromatic heterocycles. The van der Waals surface area contributed by atoms with Gasteiger partial charge < -0.3 is 14.7 Å². The predicted molar refractivity (Wildman–Crippen MR) is 117 cm³/mol. The maximum atomic E-state index is 12.7. The van der Waals surface area contributed by atoms with E-state index in [-0.39, 0.29) is 24.9 Å². The first kappa shape index (κ1) is 21.9. The third kappa shape index (κ3) is 4.47. The Balaban J connectivity index is 1.56. The van der Waals surface area contributed by atoms with Crippen LogP contribution in [0.15, 0.2) is 6.33 Å². The number of hydrogen-bond donors (Lipinski definition) is 1. The number of ether oxygens (including phenoxy) is 1. The Morgan fingerprint density at radius 2 is 2.03 bits per heavy atom. The second-order valence-corrected chi connectivity index (χ2v) is 11.5. The van der Waals surface area contributed by atoms with Gasteiger partial charge in [-0.2, -0.15) is 4.31 Å². The summed E-state index contributed by atoms with van der Waals surface area (Å²) < 4.78 is 33.2. The van der Waals surface area contributed by atoms with Crippen LogP contribution in [0.1, 0.15) is 42.5 Å². The van der Waals surface area contributed by atoms with Crippen LogP contribution in [-0.2, 0) is 23.0 Å². The summed E-state index contributed by atoms with van der Waals surface area (Å²) in [6.07, 6.45) is 6.77. The van der Waals surface area contributed by atoms with E-state index in [2.05, 4.69) is 29.0 Å². The zero-order chi connectivity index (χ0) is 21.3. The third-order valence-corrected chi connectivity index (χ3v) is 9.27. The summed E-state index contributed by atoms with van der Waals surface area (Å²) in [5.41, 5.74) is 0.978. The molecular formula is C20H30N4O4S2. The fourth-order valence-corrected chi connectivity index (χ4v) is 6.97. The Morgan fingerprint density at radius 3 is 2.73 bits per heavy atom. The van der Waals surface area contributed by atoms with E-state index < -0.39 is 10.0 Å². The van der Waals surface area contributed by atoms with Crippen LogP contribution in [0, 0.1) is 0 Å². The first-order chi connectivity index (χ1) is 14.4. The summed E-state index contributed by atoms with van der Waals surface area (Å²) >= 11 is 1.61. The van der Waals surface area contributed by atoms with E-state index in [0.29, 0.717) is 31.4 Å². The summed E-state index contributed by atoms with van der Waals surface area (Å²) in [5, 5.41) is 9.89. The molecule has 2 aromatic rings. The lowest BCUT2D eigenvalue weighted by molar-refractivity contribution is 0.108. The van der Waals surface area contributed by atoms with E-state index in [1.165, 1.54) is 9.18 Å². The van der Waals surface area contributed by atoms with Crippen LogP contribution in [0.2, 0.25) is 0 Å². The molecule has 166 valence electrons. The van der Waals surface area contributed by atoms with Crippen molar-refractivity contribution in [2.45, 2.75) is 57.2 Å². The van der Waals surface area contributed by atoms with Crippen molar-refractivity contribution in [2.75, 3.05) is 33.0 Å². The van der Waals surface area contributed by atoms with Gasteiger partial charge in [-0.05, 0) is 58.2 Å². The monoisotopic (exact) mass is 454 g/mol. The van der Waals surface area contributed by atoms with Crippen molar-refractivity contribution in [1.82, 2.24) is 19.2 Å². The molecule has 1 aliphatic heterocycles. The first-order valence-corrected chi connectivity index (χ1v) is 13.0. The van der Waals surface area contributed by atoms with Crippen molar-refractivity contribution in [3.63, 3.8) is 0 Å². The molecular weight excluding hydrogens is 424 g/mol. The highest BCUT2D eigenvalue weighted by molar-refractivity contribution is 7.89. The lowest BCUT2D eigenvalue weighted by atomic mass is 9.92. The van der Waals surface area contributed by atoms with Gasteiger partial charge in [0, 0.05) is 30.6 Å². The molecule has 1 N–H and O–H groups in total. The van der Waals surface area contributed by atoms with Crippen LogP contribution >= 0.6 is 11.3 Å². The Kier molecular flexibility index (Phi) is 6.59. The molecule has 30 heavy (non-hydrogen) atoms. The number of thiophene rings is 1. The normalized spacial score (nSPS) is 23.1. The molecule has 0 aromatic carbocycles. The van der Waals surface area contributed by atoms with Gasteiger partial charge >= 0.3 is 0 Å². The molecule has 0 atom stereocenters. The molecule has 0 amide bonds. The SMILES string of the molecule is CN(C)C1CCC(Oc2ncnc3sc4c(c23)CN(S(=O)(=O)CCCO)CC4)CC1. The number of aromatic nitrogens is 2. The van der Waals surface area contributed by atoms with Crippen molar-refractivity contribution >= 4 is 31.6 Å². The zero-order valence-corrected chi connectivity index (χ0v) is 19.2. The Bertz CT molecular complexity index is 984. The van der Waals surface area contributed by atoms with E-state index in [1.807, 2.05) is 0 Å².